The Labute approximate surface area is 165 Å². The fourth-order valence-electron chi connectivity index (χ4n) is 3.37. The van der Waals surface area contributed by atoms with E-state index < -0.39 is 5.91 Å². The van der Waals surface area contributed by atoms with Gasteiger partial charge in [-0.15, -0.1) is 0 Å². The first-order valence-electron chi connectivity index (χ1n) is 9.32. The molecule has 3 rings (SSSR count). The van der Waals surface area contributed by atoms with E-state index in [1.165, 1.54) is 0 Å². The molecular formula is C21H26N4O3. The van der Waals surface area contributed by atoms with E-state index in [2.05, 4.69) is 21.2 Å². The molecule has 2 aromatic carbocycles. The third-order valence-electron chi connectivity index (χ3n) is 5.10. The molecule has 1 unspecified atom stereocenters. The number of hydrogen-bond acceptors (Lipinski definition) is 5. The van der Waals surface area contributed by atoms with E-state index in [9.17, 15) is 9.59 Å². The minimum absolute atomic E-state index is 0.0717. The summed E-state index contributed by atoms with van der Waals surface area (Å²) < 4.78 is 5.45. The van der Waals surface area contributed by atoms with Gasteiger partial charge >= 0.3 is 0 Å². The van der Waals surface area contributed by atoms with E-state index >= 15 is 0 Å². The quantitative estimate of drug-likeness (QED) is 0.797. The van der Waals surface area contributed by atoms with Crippen molar-refractivity contribution in [3.8, 4) is 5.75 Å². The van der Waals surface area contributed by atoms with Crippen LogP contribution in [0.3, 0.4) is 0 Å². The highest BCUT2D eigenvalue weighted by Gasteiger charge is 2.26. The van der Waals surface area contributed by atoms with Crippen molar-refractivity contribution in [2.24, 2.45) is 5.73 Å². The lowest BCUT2D eigenvalue weighted by Gasteiger charge is -2.38. The molecule has 0 bridgehead atoms. The molecule has 0 radical (unpaired) electrons. The molecule has 1 atom stereocenters. The second-order valence-electron chi connectivity index (χ2n) is 6.80. The molecule has 0 aromatic heterocycles. The Bertz CT molecular complexity index is 830. The predicted molar refractivity (Wildman–Crippen MR) is 110 cm³/mol. The van der Waals surface area contributed by atoms with Crippen molar-refractivity contribution in [2.75, 3.05) is 43.5 Å². The summed E-state index contributed by atoms with van der Waals surface area (Å²) in [5.74, 6) is 0.304. The number of amides is 2. The summed E-state index contributed by atoms with van der Waals surface area (Å²) in [4.78, 5) is 28.2. The maximum atomic E-state index is 12.6. The highest BCUT2D eigenvalue weighted by atomic mass is 16.5. The monoisotopic (exact) mass is 382 g/mol. The van der Waals surface area contributed by atoms with Gasteiger partial charge < -0.3 is 20.7 Å². The maximum Gasteiger partial charge on any atom is 0.248 e. The normalized spacial score (nSPS) is 15.7. The van der Waals surface area contributed by atoms with Gasteiger partial charge in [0.1, 0.15) is 5.75 Å². The molecule has 28 heavy (non-hydrogen) atoms. The van der Waals surface area contributed by atoms with Crippen LogP contribution < -0.4 is 20.7 Å². The zero-order valence-electron chi connectivity index (χ0n) is 16.2. The molecule has 148 valence electrons. The number of hydrogen-bond donors (Lipinski definition) is 2. The van der Waals surface area contributed by atoms with Crippen LogP contribution >= 0.6 is 0 Å². The lowest BCUT2D eigenvalue weighted by Crippen LogP contribution is -2.52. The number of methoxy groups -OCH3 is 1. The average molecular weight is 382 g/mol. The van der Waals surface area contributed by atoms with Gasteiger partial charge in [-0.1, -0.05) is 12.1 Å². The first kappa shape index (κ1) is 19.7. The van der Waals surface area contributed by atoms with Gasteiger partial charge in [0, 0.05) is 37.4 Å². The highest BCUT2D eigenvalue weighted by molar-refractivity contribution is 5.96. The molecule has 0 spiro atoms. The van der Waals surface area contributed by atoms with Crippen LogP contribution in [0.2, 0.25) is 0 Å². The number of ether oxygens (including phenoxy) is 1. The number of nitrogens with two attached hydrogens (primary N) is 1. The minimum atomic E-state index is -0.487. The number of benzene rings is 2. The molecule has 3 N–H and O–H groups in total. The lowest BCUT2D eigenvalue weighted by atomic mass is 10.1. The van der Waals surface area contributed by atoms with E-state index in [1.807, 2.05) is 25.1 Å². The summed E-state index contributed by atoms with van der Waals surface area (Å²) in [6.07, 6.45) is 0. The number of rotatable bonds is 6. The van der Waals surface area contributed by atoms with Crippen molar-refractivity contribution in [1.82, 2.24) is 4.90 Å². The van der Waals surface area contributed by atoms with Crippen LogP contribution in [0.25, 0.3) is 0 Å². The standard InChI is InChI=1S/C21H26N4O3/c1-15(21(27)23-17-9-7-16(8-10-17)20(22)26)24-11-13-25(14-12-24)18-5-3-4-6-19(18)28-2/h3-10,15H,11-14H2,1-2H3,(H2,22,26)(H,23,27). The molecule has 2 aromatic rings. The molecule has 1 heterocycles. The molecule has 0 aliphatic carbocycles. The Kier molecular flexibility index (Phi) is 6.16. The highest BCUT2D eigenvalue weighted by Crippen LogP contribution is 2.28. The summed E-state index contributed by atoms with van der Waals surface area (Å²) in [5.41, 5.74) is 7.38. The van der Waals surface area contributed by atoms with E-state index in [-0.39, 0.29) is 11.9 Å². The topological polar surface area (TPSA) is 87.9 Å². The predicted octanol–water partition coefficient (Wildman–Crippen LogP) is 1.94. The van der Waals surface area contributed by atoms with Crippen molar-refractivity contribution >= 4 is 23.2 Å². The van der Waals surface area contributed by atoms with E-state index in [4.69, 9.17) is 10.5 Å². The zero-order chi connectivity index (χ0) is 20.1. The third kappa shape index (κ3) is 4.43. The van der Waals surface area contributed by atoms with Crippen molar-refractivity contribution < 1.29 is 14.3 Å². The van der Waals surface area contributed by atoms with Crippen LogP contribution in [0.5, 0.6) is 5.75 Å². The van der Waals surface area contributed by atoms with Gasteiger partial charge in [0.2, 0.25) is 11.8 Å². The van der Waals surface area contributed by atoms with Gasteiger partial charge in [0.25, 0.3) is 0 Å². The summed E-state index contributed by atoms with van der Waals surface area (Å²) in [6, 6.07) is 14.3. The average Bonchev–Trinajstić information content (AvgIpc) is 2.73. The van der Waals surface area contributed by atoms with Gasteiger partial charge in [0.05, 0.1) is 18.8 Å². The van der Waals surface area contributed by atoms with Crippen molar-refractivity contribution in [3.05, 3.63) is 54.1 Å². The largest absolute Gasteiger partial charge is 0.495 e. The Morgan fingerprint density at radius 1 is 1.04 bits per heavy atom. The van der Waals surface area contributed by atoms with Crippen LogP contribution in [0.15, 0.2) is 48.5 Å². The van der Waals surface area contributed by atoms with E-state index in [0.717, 1.165) is 37.6 Å². The summed E-state index contributed by atoms with van der Waals surface area (Å²) in [6.45, 7) is 5.13. The molecule has 1 aliphatic heterocycles. The molecule has 2 amide bonds. The Balaban J connectivity index is 1.56. The Morgan fingerprint density at radius 2 is 1.68 bits per heavy atom. The van der Waals surface area contributed by atoms with Crippen LogP contribution in [0, 0.1) is 0 Å². The van der Waals surface area contributed by atoms with Crippen LogP contribution in [-0.2, 0) is 4.79 Å². The second kappa shape index (κ2) is 8.75. The second-order valence-corrected chi connectivity index (χ2v) is 6.80. The van der Waals surface area contributed by atoms with Crippen molar-refractivity contribution in [2.45, 2.75) is 13.0 Å². The Hall–Kier alpha value is -3.06. The summed E-state index contributed by atoms with van der Waals surface area (Å²) >= 11 is 0. The van der Waals surface area contributed by atoms with Gasteiger partial charge in [-0.3, -0.25) is 14.5 Å². The van der Waals surface area contributed by atoms with E-state index in [0.29, 0.717) is 11.3 Å². The number of carbonyl (C=O) groups excluding carboxylic acids is 2. The number of piperazine rings is 1. The molecule has 1 saturated heterocycles. The van der Waals surface area contributed by atoms with Gasteiger partial charge in [-0.05, 0) is 43.3 Å². The number of carbonyl (C=O) groups is 2. The number of nitrogens with zero attached hydrogens (tertiary/aromatic N) is 2. The summed E-state index contributed by atoms with van der Waals surface area (Å²) in [5, 5.41) is 2.90. The number of primary amides is 1. The Morgan fingerprint density at radius 3 is 2.29 bits per heavy atom. The van der Waals surface area contributed by atoms with Gasteiger partial charge in [-0.25, -0.2) is 0 Å². The number of nitrogens with one attached hydrogen (secondary N) is 1. The first-order chi connectivity index (χ1) is 13.5. The minimum Gasteiger partial charge on any atom is -0.495 e. The SMILES string of the molecule is COc1ccccc1N1CCN(C(C)C(=O)Nc2ccc(C(N)=O)cc2)CC1. The molecule has 7 heteroatoms. The number of para-hydroxylation sites is 2. The van der Waals surface area contributed by atoms with Crippen molar-refractivity contribution in [1.29, 1.82) is 0 Å². The fraction of sp³-hybridized carbons (Fsp3) is 0.333. The molecule has 1 fully saturated rings. The third-order valence-corrected chi connectivity index (χ3v) is 5.10. The molecular weight excluding hydrogens is 356 g/mol. The van der Waals surface area contributed by atoms with Gasteiger partial charge in [-0.2, -0.15) is 0 Å². The van der Waals surface area contributed by atoms with E-state index in [1.54, 1.807) is 31.4 Å². The molecule has 0 saturated carbocycles. The zero-order valence-corrected chi connectivity index (χ0v) is 16.2. The first-order valence-corrected chi connectivity index (χ1v) is 9.32. The molecule has 7 nitrogen and oxygen atoms in total. The van der Waals surface area contributed by atoms with Crippen molar-refractivity contribution in [3.63, 3.8) is 0 Å². The van der Waals surface area contributed by atoms with Gasteiger partial charge in [0.15, 0.2) is 0 Å². The van der Waals surface area contributed by atoms with Crippen LogP contribution in [-0.4, -0.2) is 56.0 Å². The van der Waals surface area contributed by atoms with Crippen LogP contribution in [0.4, 0.5) is 11.4 Å². The fourth-order valence-corrected chi connectivity index (χ4v) is 3.37. The van der Waals surface area contributed by atoms with Crippen LogP contribution in [0.1, 0.15) is 17.3 Å². The summed E-state index contributed by atoms with van der Waals surface area (Å²) in [7, 11) is 1.68. The smallest absolute Gasteiger partial charge is 0.248 e. The maximum absolute atomic E-state index is 12.6. The lowest BCUT2D eigenvalue weighted by molar-refractivity contribution is -0.120. The molecule has 1 aliphatic rings. The number of anilines is 2.